The molecular weight excluding hydrogens is 476 g/mol. The average molecular weight is 503 g/mol. The molecule has 0 saturated heterocycles. The summed E-state index contributed by atoms with van der Waals surface area (Å²) < 4.78 is 33.9. The third-order valence-electron chi connectivity index (χ3n) is 5.01. The Balaban J connectivity index is 2.05. The number of fused-ring (bicyclic) bond motifs is 1. The van der Waals surface area contributed by atoms with Crippen molar-refractivity contribution in [2.45, 2.75) is 6.54 Å². The first-order valence-electron chi connectivity index (χ1n) is 10.3. The minimum atomic E-state index is -0.525. The number of aromatic nitrogens is 1. The minimum absolute atomic E-state index is 0.130. The van der Waals surface area contributed by atoms with Crippen LogP contribution in [0.5, 0.6) is 28.7 Å². The molecule has 11 heteroatoms. The fraction of sp³-hybridized carbons (Fsp3) is 0.292. The zero-order valence-electron chi connectivity index (χ0n) is 20.2. The van der Waals surface area contributed by atoms with E-state index in [0.717, 1.165) is 4.70 Å². The van der Waals surface area contributed by atoms with Crippen molar-refractivity contribution in [3.8, 4) is 28.7 Å². The van der Waals surface area contributed by atoms with Gasteiger partial charge in [0.2, 0.25) is 5.75 Å². The van der Waals surface area contributed by atoms with Gasteiger partial charge < -0.3 is 33.0 Å². The molecule has 0 spiro atoms. The largest absolute Gasteiger partial charge is 0.493 e. The van der Waals surface area contributed by atoms with Crippen molar-refractivity contribution >= 4 is 39.5 Å². The zero-order chi connectivity index (χ0) is 25.5. The molecule has 0 unspecified atom stereocenters. The molecule has 1 amide bonds. The first-order chi connectivity index (χ1) is 16.9. The van der Waals surface area contributed by atoms with Crippen molar-refractivity contribution in [3.05, 3.63) is 40.7 Å². The lowest BCUT2D eigenvalue weighted by Gasteiger charge is -2.12. The smallest absolute Gasteiger partial charge is 0.325 e. The number of carbonyl (C=O) groups excluding carboxylic acids is 2. The number of thiazole rings is 1. The van der Waals surface area contributed by atoms with E-state index in [2.05, 4.69) is 4.99 Å². The van der Waals surface area contributed by atoms with Crippen LogP contribution in [0.4, 0.5) is 0 Å². The summed E-state index contributed by atoms with van der Waals surface area (Å²) in [6, 6.07) is 6.91. The zero-order valence-corrected chi connectivity index (χ0v) is 21.1. The second kappa shape index (κ2) is 11.4. The predicted molar refractivity (Wildman–Crippen MR) is 131 cm³/mol. The number of nitrogens with zero attached hydrogens (tertiary/aromatic N) is 2. The fourth-order valence-electron chi connectivity index (χ4n) is 3.33. The summed E-state index contributed by atoms with van der Waals surface area (Å²) in [7, 11) is 8.88. The summed E-state index contributed by atoms with van der Waals surface area (Å²) in [6.07, 6.45) is 2.90. The number of hydrogen-bond donors (Lipinski definition) is 0. The fourth-order valence-corrected chi connectivity index (χ4v) is 4.37. The maximum absolute atomic E-state index is 12.7. The van der Waals surface area contributed by atoms with Gasteiger partial charge >= 0.3 is 5.97 Å². The molecule has 35 heavy (non-hydrogen) atoms. The van der Waals surface area contributed by atoms with Crippen molar-refractivity contribution < 1.29 is 38.0 Å². The van der Waals surface area contributed by atoms with Crippen LogP contribution < -0.4 is 28.5 Å². The molecular formula is C24H26N2O8S. The highest BCUT2D eigenvalue weighted by atomic mass is 32.1. The third-order valence-corrected chi connectivity index (χ3v) is 6.06. The predicted octanol–water partition coefficient (Wildman–Crippen LogP) is 3.06. The molecule has 1 aromatic heterocycles. The standard InChI is InChI=1S/C24H26N2O8S/c1-29-16-11-15-20(12-17(16)30-2)35-24(26(15)13-22(28)33-5)25-21(27)8-7-14-9-18(31-3)23(34-6)19(10-14)32-4/h7-12H,13H2,1-6H3/b8-7+,25-24?. The second-order valence-electron chi connectivity index (χ2n) is 6.96. The van der Waals surface area contributed by atoms with Crippen LogP contribution in [-0.4, -0.2) is 59.1 Å². The lowest BCUT2D eigenvalue weighted by Crippen LogP contribution is -2.22. The molecule has 0 saturated carbocycles. The van der Waals surface area contributed by atoms with Crippen LogP contribution >= 0.6 is 11.3 Å². The van der Waals surface area contributed by atoms with E-state index in [-0.39, 0.29) is 6.54 Å². The molecule has 3 aromatic rings. The molecule has 0 bridgehead atoms. The molecule has 2 aromatic carbocycles. The molecule has 186 valence electrons. The van der Waals surface area contributed by atoms with Crippen LogP contribution in [0.2, 0.25) is 0 Å². The second-order valence-corrected chi connectivity index (χ2v) is 7.97. The molecule has 0 N–H and O–H groups in total. The van der Waals surface area contributed by atoms with Gasteiger partial charge in [-0.05, 0) is 23.8 Å². The molecule has 0 radical (unpaired) electrons. The van der Waals surface area contributed by atoms with Crippen LogP contribution in [0.25, 0.3) is 16.3 Å². The number of hydrogen-bond acceptors (Lipinski definition) is 9. The van der Waals surface area contributed by atoms with Gasteiger partial charge in [-0.25, -0.2) is 0 Å². The molecule has 1 heterocycles. The van der Waals surface area contributed by atoms with E-state index in [1.54, 1.807) is 34.9 Å². The molecule has 3 rings (SSSR count). The van der Waals surface area contributed by atoms with Gasteiger partial charge in [0.05, 0.1) is 52.9 Å². The van der Waals surface area contributed by atoms with E-state index in [4.69, 9.17) is 28.4 Å². The van der Waals surface area contributed by atoms with Crippen LogP contribution in [0, 0.1) is 0 Å². The van der Waals surface area contributed by atoms with Gasteiger partial charge in [0.15, 0.2) is 27.8 Å². The highest BCUT2D eigenvalue weighted by molar-refractivity contribution is 7.16. The van der Waals surface area contributed by atoms with Gasteiger partial charge in [-0.15, -0.1) is 0 Å². The Morgan fingerprint density at radius 3 is 2.00 bits per heavy atom. The maximum atomic E-state index is 12.7. The van der Waals surface area contributed by atoms with E-state index in [1.807, 2.05) is 0 Å². The van der Waals surface area contributed by atoms with Crippen molar-refractivity contribution in [3.63, 3.8) is 0 Å². The molecule has 0 fully saturated rings. The normalized spacial score (nSPS) is 11.5. The number of esters is 1. The Morgan fingerprint density at radius 2 is 1.46 bits per heavy atom. The molecule has 10 nitrogen and oxygen atoms in total. The number of ether oxygens (including phenoxy) is 6. The highest BCUT2D eigenvalue weighted by Crippen LogP contribution is 2.38. The summed E-state index contributed by atoms with van der Waals surface area (Å²) in [6.45, 7) is -0.130. The van der Waals surface area contributed by atoms with Gasteiger partial charge in [-0.2, -0.15) is 4.99 Å². The molecule has 0 aliphatic carbocycles. The van der Waals surface area contributed by atoms with Gasteiger partial charge in [0.25, 0.3) is 5.91 Å². The lowest BCUT2D eigenvalue weighted by molar-refractivity contribution is -0.141. The average Bonchev–Trinajstić information content (AvgIpc) is 3.20. The number of rotatable bonds is 9. The molecule has 0 aliphatic rings. The monoisotopic (exact) mass is 502 g/mol. The number of amides is 1. The lowest BCUT2D eigenvalue weighted by atomic mass is 10.1. The van der Waals surface area contributed by atoms with Crippen molar-refractivity contribution in [1.82, 2.24) is 4.57 Å². The van der Waals surface area contributed by atoms with E-state index >= 15 is 0 Å². The van der Waals surface area contributed by atoms with Gasteiger partial charge in [0.1, 0.15) is 6.54 Å². The van der Waals surface area contributed by atoms with Crippen LogP contribution in [0.15, 0.2) is 35.3 Å². The van der Waals surface area contributed by atoms with Crippen LogP contribution in [0.3, 0.4) is 0 Å². The van der Waals surface area contributed by atoms with Crippen molar-refractivity contribution in [2.75, 3.05) is 42.7 Å². The summed E-state index contributed by atoms with van der Waals surface area (Å²) in [5.41, 5.74) is 1.30. The highest BCUT2D eigenvalue weighted by Gasteiger charge is 2.16. The molecule has 0 atom stereocenters. The van der Waals surface area contributed by atoms with E-state index < -0.39 is 11.9 Å². The molecule has 0 aliphatic heterocycles. The van der Waals surface area contributed by atoms with Gasteiger partial charge in [-0.1, -0.05) is 11.3 Å². The van der Waals surface area contributed by atoms with Crippen molar-refractivity contribution in [2.24, 2.45) is 4.99 Å². The number of carbonyl (C=O) groups is 2. The summed E-state index contributed by atoms with van der Waals surface area (Å²) in [5, 5.41) is 0. The minimum Gasteiger partial charge on any atom is -0.493 e. The summed E-state index contributed by atoms with van der Waals surface area (Å²) >= 11 is 1.23. The van der Waals surface area contributed by atoms with Gasteiger partial charge in [0, 0.05) is 18.2 Å². The topological polar surface area (TPSA) is 107 Å². The Morgan fingerprint density at radius 1 is 0.857 bits per heavy atom. The Kier molecular flexibility index (Phi) is 8.37. The third kappa shape index (κ3) is 5.57. The first-order valence-corrected chi connectivity index (χ1v) is 11.1. The maximum Gasteiger partial charge on any atom is 0.325 e. The van der Waals surface area contributed by atoms with Crippen LogP contribution in [-0.2, 0) is 20.9 Å². The van der Waals surface area contributed by atoms with E-state index in [1.165, 1.54) is 60.1 Å². The van der Waals surface area contributed by atoms with Gasteiger partial charge in [-0.3, -0.25) is 9.59 Å². The van der Waals surface area contributed by atoms with E-state index in [0.29, 0.717) is 44.6 Å². The SMILES string of the molecule is COC(=O)Cn1c(=NC(=O)/C=C/c2cc(OC)c(OC)c(OC)c2)sc2cc(OC)c(OC)cc21. The Bertz CT molecular complexity index is 1310. The van der Waals surface area contributed by atoms with E-state index in [9.17, 15) is 9.59 Å². The number of methoxy groups -OCH3 is 6. The Hall–Kier alpha value is -3.99. The number of benzene rings is 2. The first kappa shape index (κ1) is 25.6. The summed E-state index contributed by atoms with van der Waals surface area (Å²) in [4.78, 5) is 29.3. The summed E-state index contributed by atoms with van der Waals surface area (Å²) in [5.74, 6) is 1.36. The quantitative estimate of drug-likeness (QED) is 0.325. The van der Waals surface area contributed by atoms with Crippen molar-refractivity contribution in [1.29, 1.82) is 0 Å². The van der Waals surface area contributed by atoms with Crippen LogP contribution in [0.1, 0.15) is 5.56 Å². The Labute approximate surface area is 205 Å².